The van der Waals surface area contributed by atoms with Crippen molar-refractivity contribution < 1.29 is 36.2 Å². The summed E-state index contributed by atoms with van der Waals surface area (Å²) in [7, 11) is 2.50. The SMILES string of the molecule is COCC(CNC(=O)C(F)(F)C(F)(F)F)OC. The van der Waals surface area contributed by atoms with Gasteiger partial charge < -0.3 is 14.8 Å². The van der Waals surface area contributed by atoms with Crippen molar-refractivity contribution >= 4 is 5.91 Å². The normalized spacial score (nSPS) is 14.5. The molecule has 0 fully saturated rings. The second kappa shape index (κ2) is 6.10. The first kappa shape index (κ1) is 16.0. The van der Waals surface area contributed by atoms with E-state index in [1.807, 2.05) is 0 Å². The standard InChI is InChI=1S/C8H12F5NO3/c1-16-4-5(17-2)3-14-6(15)7(9,10)8(11,12)13/h5H,3-4H2,1-2H3,(H,14,15). The van der Waals surface area contributed by atoms with E-state index >= 15 is 0 Å². The number of alkyl halides is 5. The third-order valence-corrected chi connectivity index (χ3v) is 1.82. The zero-order valence-corrected chi connectivity index (χ0v) is 9.11. The molecule has 1 amide bonds. The Hall–Kier alpha value is -0.960. The molecule has 0 aromatic rings. The van der Waals surface area contributed by atoms with Crippen molar-refractivity contribution in [2.75, 3.05) is 27.4 Å². The van der Waals surface area contributed by atoms with Crippen molar-refractivity contribution in [3.8, 4) is 0 Å². The molecule has 0 aromatic heterocycles. The Morgan fingerprint density at radius 2 is 1.76 bits per heavy atom. The molecule has 0 aromatic carbocycles. The van der Waals surface area contributed by atoms with Gasteiger partial charge in [0, 0.05) is 20.8 Å². The Morgan fingerprint density at radius 1 is 1.24 bits per heavy atom. The largest absolute Gasteiger partial charge is 0.463 e. The maximum absolute atomic E-state index is 12.5. The van der Waals surface area contributed by atoms with E-state index < -0.39 is 30.7 Å². The predicted octanol–water partition coefficient (Wildman–Crippen LogP) is 0.962. The second-order valence-corrected chi connectivity index (χ2v) is 3.10. The van der Waals surface area contributed by atoms with Crippen molar-refractivity contribution in [3.05, 3.63) is 0 Å². The van der Waals surface area contributed by atoms with E-state index in [2.05, 4.69) is 9.47 Å². The third-order valence-electron chi connectivity index (χ3n) is 1.82. The van der Waals surface area contributed by atoms with Crippen molar-refractivity contribution in [1.29, 1.82) is 0 Å². The van der Waals surface area contributed by atoms with Crippen LogP contribution in [0, 0.1) is 0 Å². The molecule has 0 aliphatic heterocycles. The Bertz CT molecular complexity index is 256. The van der Waals surface area contributed by atoms with E-state index in [1.54, 1.807) is 0 Å². The van der Waals surface area contributed by atoms with Gasteiger partial charge in [-0.2, -0.15) is 22.0 Å². The van der Waals surface area contributed by atoms with Crippen molar-refractivity contribution in [1.82, 2.24) is 5.32 Å². The van der Waals surface area contributed by atoms with Gasteiger partial charge in [0.05, 0.1) is 12.7 Å². The summed E-state index contributed by atoms with van der Waals surface area (Å²) in [4.78, 5) is 10.7. The highest BCUT2D eigenvalue weighted by molar-refractivity contribution is 5.84. The van der Waals surface area contributed by atoms with E-state index in [-0.39, 0.29) is 6.61 Å². The van der Waals surface area contributed by atoms with Gasteiger partial charge >= 0.3 is 12.1 Å². The fourth-order valence-corrected chi connectivity index (χ4v) is 0.842. The molecular formula is C8H12F5NO3. The molecule has 17 heavy (non-hydrogen) atoms. The van der Waals surface area contributed by atoms with Crippen LogP contribution >= 0.6 is 0 Å². The van der Waals surface area contributed by atoms with Gasteiger partial charge in [-0.3, -0.25) is 4.79 Å². The van der Waals surface area contributed by atoms with Gasteiger partial charge in [0.1, 0.15) is 0 Å². The van der Waals surface area contributed by atoms with Crippen LogP contribution in [0.25, 0.3) is 0 Å². The number of carbonyl (C=O) groups is 1. The molecule has 1 atom stereocenters. The lowest BCUT2D eigenvalue weighted by Crippen LogP contribution is -2.52. The highest BCUT2D eigenvalue weighted by Gasteiger charge is 2.63. The molecule has 0 heterocycles. The van der Waals surface area contributed by atoms with Gasteiger partial charge in [-0.1, -0.05) is 0 Å². The minimum Gasteiger partial charge on any atom is -0.382 e. The van der Waals surface area contributed by atoms with Gasteiger partial charge in [0.25, 0.3) is 5.91 Å². The number of rotatable bonds is 6. The number of halogens is 5. The van der Waals surface area contributed by atoms with Gasteiger partial charge in [-0.25, -0.2) is 0 Å². The van der Waals surface area contributed by atoms with E-state index in [0.29, 0.717) is 0 Å². The number of hydrogen-bond donors (Lipinski definition) is 1. The molecule has 9 heteroatoms. The minimum atomic E-state index is -5.92. The Labute approximate surface area is 94.1 Å². The Morgan fingerprint density at radius 3 is 2.12 bits per heavy atom. The highest BCUT2D eigenvalue weighted by Crippen LogP contribution is 2.35. The van der Waals surface area contributed by atoms with Crippen LogP contribution in [-0.4, -0.2) is 51.5 Å². The molecule has 0 aliphatic rings. The Kier molecular flexibility index (Phi) is 5.76. The van der Waals surface area contributed by atoms with Crippen LogP contribution in [0.5, 0.6) is 0 Å². The van der Waals surface area contributed by atoms with Gasteiger partial charge in [0.15, 0.2) is 0 Å². The summed E-state index contributed by atoms with van der Waals surface area (Å²) in [6.07, 6.45) is -6.71. The second-order valence-electron chi connectivity index (χ2n) is 3.10. The average molecular weight is 265 g/mol. The van der Waals surface area contributed by atoms with Crippen LogP contribution in [0.1, 0.15) is 0 Å². The zero-order valence-electron chi connectivity index (χ0n) is 9.11. The lowest BCUT2D eigenvalue weighted by atomic mass is 10.3. The lowest BCUT2D eigenvalue weighted by Gasteiger charge is -2.20. The number of hydrogen-bond acceptors (Lipinski definition) is 3. The first-order valence-electron chi connectivity index (χ1n) is 4.41. The summed E-state index contributed by atoms with van der Waals surface area (Å²) < 4.78 is 69.5. The van der Waals surface area contributed by atoms with Crippen LogP contribution in [-0.2, 0) is 14.3 Å². The number of amides is 1. The molecule has 0 radical (unpaired) electrons. The maximum Gasteiger partial charge on any atom is 0.463 e. The zero-order chi connectivity index (χ0) is 13.7. The molecule has 4 nitrogen and oxygen atoms in total. The smallest absolute Gasteiger partial charge is 0.382 e. The molecule has 0 saturated carbocycles. The lowest BCUT2D eigenvalue weighted by molar-refractivity contribution is -0.269. The van der Waals surface area contributed by atoms with Crippen LogP contribution in [0.2, 0.25) is 0 Å². The average Bonchev–Trinajstić information content (AvgIpc) is 2.21. The van der Waals surface area contributed by atoms with Crippen LogP contribution in [0.15, 0.2) is 0 Å². The molecule has 0 aliphatic carbocycles. The molecule has 0 bridgehead atoms. The van der Waals surface area contributed by atoms with Crippen molar-refractivity contribution in [3.63, 3.8) is 0 Å². The van der Waals surface area contributed by atoms with Crippen LogP contribution in [0.3, 0.4) is 0 Å². The van der Waals surface area contributed by atoms with E-state index in [4.69, 9.17) is 0 Å². The molecule has 0 spiro atoms. The monoisotopic (exact) mass is 265 g/mol. The van der Waals surface area contributed by atoms with E-state index in [1.165, 1.54) is 19.5 Å². The summed E-state index contributed by atoms with van der Waals surface area (Å²) in [5, 5.41) is 1.45. The maximum atomic E-state index is 12.5. The summed E-state index contributed by atoms with van der Waals surface area (Å²) in [6.45, 7) is -0.552. The van der Waals surface area contributed by atoms with Crippen LogP contribution < -0.4 is 5.32 Å². The summed E-state index contributed by atoms with van der Waals surface area (Å²) in [5.74, 6) is -7.83. The molecular weight excluding hydrogens is 253 g/mol. The number of nitrogens with one attached hydrogen (secondary N) is 1. The number of ether oxygens (including phenoxy) is 2. The third kappa shape index (κ3) is 4.43. The topological polar surface area (TPSA) is 47.6 Å². The highest BCUT2D eigenvalue weighted by atomic mass is 19.4. The van der Waals surface area contributed by atoms with E-state index in [9.17, 15) is 26.7 Å². The summed E-state index contributed by atoms with van der Waals surface area (Å²) in [5.41, 5.74) is 0. The molecule has 1 unspecified atom stereocenters. The fourth-order valence-electron chi connectivity index (χ4n) is 0.842. The van der Waals surface area contributed by atoms with Crippen molar-refractivity contribution in [2.45, 2.75) is 18.2 Å². The predicted molar refractivity (Wildman–Crippen MR) is 46.7 cm³/mol. The first-order chi connectivity index (χ1) is 7.66. The molecule has 0 saturated heterocycles. The van der Waals surface area contributed by atoms with Gasteiger partial charge in [-0.15, -0.1) is 0 Å². The summed E-state index contributed by atoms with van der Waals surface area (Å²) in [6, 6.07) is 0. The van der Waals surface area contributed by atoms with Crippen molar-refractivity contribution in [2.24, 2.45) is 0 Å². The quantitative estimate of drug-likeness (QED) is 0.728. The first-order valence-corrected chi connectivity index (χ1v) is 4.41. The minimum absolute atomic E-state index is 0.0473. The summed E-state index contributed by atoms with van der Waals surface area (Å²) >= 11 is 0. The van der Waals surface area contributed by atoms with Gasteiger partial charge in [0.2, 0.25) is 0 Å². The van der Waals surface area contributed by atoms with Gasteiger partial charge in [-0.05, 0) is 0 Å². The molecule has 1 N–H and O–H groups in total. The fraction of sp³-hybridized carbons (Fsp3) is 0.875. The van der Waals surface area contributed by atoms with E-state index in [0.717, 1.165) is 0 Å². The number of carbonyl (C=O) groups excluding carboxylic acids is 1. The Balaban J connectivity index is 4.36. The molecule has 0 rings (SSSR count). The number of methoxy groups -OCH3 is 2. The van der Waals surface area contributed by atoms with Crippen LogP contribution in [0.4, 0.5) is 22.0 Å². The molecule has 102 valence electrons.